The summed E-state index contributed by atoms with van der Waals surface area (Å²) in [4.78, 5) is 11.8. The number of primary amides is 1. The molecule has 122 valence electrons. The molecule has 1 aliphatic rings. The van der Waals surface area contributed by atoms with Gasteiger partial charge < -0.3 is 10.5 Å². The number of benzene rings is 1. The number of carbonyl (C=O) groups is 1. The van der Waals surface area contributed by atoms with Gasteiger partial charge in [-0.3, -0.25) is 4.79 Å². The van der Waals surface area contributed by atoms with E-state index in [9.17, 15) is 26.7 Å². The van der Waals surface area contributed by atoms with Gasteiger partial charge in [-0.25, -0.2) is 8.78 Å². The Hall–Kier alpha value is -1.70. The summed E-state index contributed by atoms with van der Waals surface area (Å²) < 4.78 is 71.2. The molecule has 1 aliphatic heterocycles. The third-order valence-electron chi connectivity index (χ3n) is 4.27. The van der Waals surface area contributed by atoms with Gasteiger partial charge in [-0.05, 0) is 37.0 Å². The van der Waals surface area contributed by atoms with Crippen molar-refractivity contribution in [2.24, 2.45) is 11.7 Å². The number of amides is 1. The second-order valence-corrected chi connectivity index (χ2v) is 5.63. The zero-order valence-corrected chi connectivity index (χ0v) is 11.8. The molecule has 1 heterocycles. The zero-order valence-electron chi connectivity index (χ0n) is 11.8. The highest BCUT2D eigenvalue weighted by Crippen LogP contribution is 2.54. The Morgan fingerprint density at radius 3 is 2.32 bits per heavy atom. The van der Waals surface area contributed by atoms with Gasteiger partial charge in [0.25, 0.3) is 5.91 Å². The largest absolute Gasteiger partial charge is 0.417 e. The Morgan fingerprint density at radius 1 is 1.32 bits per heavy atom. The molecule has 1 fully saturated rings. The maximum absolute atomic E-state index is 13.4. The van der Waals surface area contributed by atoms with Crippen LogP contribution in [0.3, 0.4) is 0 Å². The molecule has 0 aliphatic carbocycles. The van der Waals surface area contributed by atoms with Crippen LogP contribution in [0.15, 0.2) is 18.2 Å². The van der Waals surface area contributed by atoms with Crippen LogP contribution in [0, 0.1) is 17.6 Å². The minimum absolute atomic E-state index is 0.237. The quantitative estimate of drug-likeness (QED) is 0.851. The van der Waals surface area contributed by atoms with E-state index in [1.54, 1.807) is 0 Å². The molecule has 2 N–H and O–H groups in total. The fourth-order valence-corrected chi connectivity index (χ4v) is 2.68. The van der Waals surface area contributed by atoms with Crippen molar-refractivity contribution in [3.05, 3.63) is 35.4 Å². The Bertz CT molecular complexity index is 618. The maximum Gasteiger partial charge on any atom is 0.417 e. The van der Waals surface area contributed by atoms with E-state index < -0.39 is 40.8 Å². The van der Waals surface area contributed by atoms with Crippen LogP contribution in [0.2, 0.25) is 0 Å². The number of hydrogen-bond acceptors (Lipinski definition) is 2. The van der Waals surface area contributed by atoms with Gasteiger partial charge in [0, 0.05) is 0 Å². The van der Waals surface area contributed by atoms with E-state index in [0.29, 0.717) is 12.1 Å². The Labute approximate surface area is 123 Å². The topological polar surface area (TPSA) is 52.3 Å². The average Bonchev–Trinajstić information content (AvgIpc) is 2.67. The van der Waals surface area contributed by atoms with Gasteiger partial charge in [-0.1, -0.05) is 13.0 Å². The molecule has 1 aromatic carbocycles. The van der Waals surface area contributed by atoms with Crippen molar-refractivity contribution in [3.8, 4) is 0 Å². The molecule has 22 heavy (non-hydrogen) atoms. The summed E-state index contributed by atoms with van der Waals surface area (Å²) in [7, 11) is 0. The van der Waals surface area contributed by atoms with Gasteiger partial charge in [-0.2, -0.15) is 13.2 Å². The second-order valence-electron chi connectivity index (χ2n) is 5.63. The van der Waals surface area contributed by atoms with Crippen LogP contribution in [0.4, 0.5) is 22.0 Å². The molecule has 3 nitrogen and oxygen atoms in total. The second kappa shape index (κ2) is 4.91. The third-order valence-corrected chi connectivity index (χ3v) is 4.27. The van der Waals surface area contributed by atoms with E-state index in [0.717, 1.165) is 13.0 Å². The first-order chi connectivity index (χ1) is 9.94. The molecule has 3 atom stereocenters. The number of hydrogen-bond donors (Lipinski definition) is 1. The molecule has 8 heteroatoms. The van der Waals surface area contributed by atoms with Crippen molar-refractivity contribution in [1.82, 2.24) is 0 Å². The SMILES string of the molecule is CC1CC(C(N)=O)(c2ccc(F)c(F)c2)OC1(C)C(F)(F)F. The molecule has 3 unspecified atom stereocenters. The highest BCUT2D eigenvalue weighted by molar-refractivity contribution is 5.85. The van der Waals surface area contributed by atoms with Gasteiger partial charge in [0.15, 0.2) is 22.8 Å². The van der Waals surface area contributed by atoms with Gasteiger partial charge in [-0.15, -0.1) is 0 Å². The van der Waals surface area contributed by atoms with Gasteiger partial charge in [0.2, 0.25) is 0 Å². The van der Waals surface area contributed by atoms with Crippen molar-refractivity contribution < 1.29 is 31.5 Å². The van der Waals surface area contributed by atoms with Crippen LogP contribution >= 0.6 is 0 Å². The van der Waals surface area contributed by atoms with Crippen molar-refractivity contribution in [3.63, 3.8) is 0 Å². The summed E-state index contributed by atoms with van der Waals surface area (Å²) in [6, 6.07) is 2.35. The molecule has 2 rings (SSSR count). The highest BCUT2D eigenvalue weighted by Gasteiger charge is 2.66. The minimum Gasteiger partial charge on any atom is -0.367 e. The molecule has 0 spiro atoms. The van der Waals surface area contributed by atoms with E-state index in [4.69, 9.17) is 10.5 Å². The summed E-state index contributed by atoms with van der Waals surface area (Å²) in [5.41, 5.74) is 0.222. The van der Waals surface area contributed by atoms with E-state index in [-0.39, 0.29) is 12.0 Å². The third kappa shape index (κ3) is 2.25. The van der Waals surface area contributed by atoms with Crippen LogP contribution in [-0.4, -0.2) is 17.7 Å². The fourth-order valence-electron chi connectivity index (χ4n) is 2.68. The summed E-state index contributed by atoms with van der Waals surface area (Å²) in [5, 5.41) is 0. The lowest BCUT2D eigenvalue weighted by atomic mass is 9.83. The molecule has 1 amide bonds. The zero-order chi connectivity index (χ0) is 16.9. The van der Waals surface area contributed by atoms with Gasteiger partial charge in [0.1, 0.15) is 0 Å². The fraction of sp³-hybridized carbons (Fsp3) is 0.500. The summed E-state index contributed by atoms with van der Waals surface area (Å²) in [6.07, 6.45) is -5.13. The molecule has 0 radical (unpaired) electrons. The normalized spacial score (nSPS) is 32.2. The van der Waals surface area contributed by atoms with Crippen LogP contribution in [0.5, 0.6) is 0 Å². The van der Waals surface area contributed by atoms with E-state index in [1.807, 2.05) is 0 Å². The van der Waals surface area contributed by atoms with Gasteiger partial charge >= 0.3 is 6.18 Å². The predicted octanol–water partition coefficient (Wildman–Crippen LogP) is 3.02. The number of carbonyl (C=O) groups excluding carboxylic acids is 1. The van der Waals surface area contributed by atoms with E-state index in [2.05, 4.69) is 0 Å². The minimum atomic E-state index is -4.75. The van der Waals surface area contributed by atoms with Crippen molar-refractivity contribution in [2.45, 2.75) is 37.6 Å². The lowest BCUT2D eigenvalue weighted by molar-refractivity contribution is -0.285. The number of ether oxygens (including phenoxy) is 1. The molecule has 0 bridgehead atoms. The molecular weight excluding hydrogens is 309 g/mol. The number of rotatable bonds is 2. The molecular formula is C14H14F5NO2. The van der Waals surface area contributed by atoms with Crippen LogP contribution in [0.25, 0.3) is 0 Å². The van der Waals surface area contributed by atoms with Crippen LogP contribution < -0.4 is 5.73 Å². The molecule has 1 saturated heterocycles. The summed E-state index contributed by atoms with van der Waals surface area (Å²) in [5.74, 6) is -4.77. The predicted molar refractivity (Wildman–Crippen MR) is 66.6 cm³/mol. The first-order valence-corrected chi connectivity index (χ1v) is 6.46. The van der Waals surface area contributed by atoms with Crippen molar-refractivity contribution in [1.29, 1.82) is 0 Å². The van der Waals surface area contributed by atoms with Crippen molar-refractivity contribution >= 4 is 5.91 Å². The highest BCUT2D eigenvalue weighted by atomic mass is 19.4. The van der Waals surface area contributed by atoms with E-state index >= 15 is 0 Å². The molecule has 1 aromatic rings. The smallest absolute Gasteiger partial charge is 0.367 e. The Morgan fingerprint density at radius 2 is 1.91 bits per heavy atom. The summed E-state index contributed by atoms with van der Waals surface area (Å²) in [6.45, 7) is 2.07. The van der Waals surface area contributed by atoms with Crippen LogP contribution in [-0.2, 0) is 15.1 Å². The standard InChI is InChI=1S/C14H14F5NO2/c1-7-6-13(11(20)21,22-12(7,2)14(17,18)19)8-3-4-9(15)10(16)5-8/h3-5,7H,6H2,1-2H3,(H2,20,21). The number of alkyl halides is 3. The van der Waals surface area contributed by atoms with E-state index in [1.165, 1.54) is 6.92 Å². The lowest BCUT2D eigenvalue weighted by Crippen LogP contribution is -2.49. The summed E-state index contributed by atoms with van der Waals surface area (Å²) >= 11 is 0. The van der Waals surface area contributed by atoms with Crippen LogP contribution in [0.1, 0.15) is 25.8 Å². The lowest BCUT2D eigenvalue weighted by Gasteiger charge is -2.33. The first kappa shape index (κ1) is 16.7. The molecule has 0 saturated carbocycles. The maximum atomic E-state index is 13.4. The average molecular weight is 323 g/mol. The monoisotopic (exact) mass is 323 g/mol. The Balaban J connectivity index is 2.57. The number of nitrogens with two attached hydrogens (primary N) is 1. The molecule has 0 aromatic heterocycles. The first-order valence-electron chi connectivity index (χ1n) is 6.46. The van der Waals surface area contributed by atoms with Crippen molar-refractivity contribution in [2.75, 3.05) is 0 Å². The Kier molecular flexibility index (Phi) is 3.72. The van der Waals surface area contributed by atoms with Gasteiger partial charge in [0.05, 0.1) is 0 Å². The number of halogens is 5.